The molecule has 0 aliphatic heterocycles. The molecule has 0 aliphatic carbocycles. The van der Waals surface area contributed by atoms with Gasteiger partial charge in [0.05, 0.1) is 0 Å². The lowest BCUT2D eigenvalue weighted by molar-refractivity contribution is -0.114. The number of amides is 1. The van der Waals surface area contributed by atoms with E-state index in [0.717, 1.165) is 11.3 Å². The number of carbonyl (C=O) groups excluding carboxylic acids is 1. The Hall–Kier alpha value is -1.53. The number of benzene rings is 1. The van der Waals surface area contributed by atoms with Gasteiger partial charge in [0.15, 0.2) is 0 Å². The molecule has 0 bridgehead atoms. The second-order valence-corrected chi connectivity index (χ2v) is 12.5. The largest absolute Gasteiger partial charge is 0.326 e. The Kier molecular flexibility index (Phi) is 6.43. The summed E-state index contributed by atoms with van der Waals surface area (Å²) in [6, 6.07) is 7.79. The number of nitrogens with one attached hydrogen (secondary N) is 1. The second kappa shape index (κ2) is 7.65. The van der Waals surface area contributed by atoms with Crippen LogP contribution in [0.2, 0.25) is 16.6 Å². The van der Waals surface area contributed by atoms with Crippen molar-refractivity contribution in [2.24, 2.45) is 0 Å². The highest BCUT2D eigenvalue weighted by atomic mass is 28.3. The van der Waals surface area contributed by atoms with Crippen LogP contribution in [0.4, 0.5) is 5.69 Å². The molecule has 0 aliphatic rings. The molecule has 22 heavy (non-hydrogen) atoms. The molecule has 1 N–H and O–H groups in total. The third kappa shape index (κ3) is 4.24. The van der Waals surface area contributed by atoms with E-state index in [0.29, 0.717) is 16.6 Å². The fraction of sp³-hybridized carbons (Fsp3) is 0.526. The summed E-state index contributed by atoms with van der Waals surface area (Å²) in [5.74, 6) is 3.36. The van der Waals surface area contributed by atoms with Gasteiger partial charge in [0.1, 0.15) is 8.07 Å². The van der Waals surface area contributed by atoms with Crippen LogP contribution < -0.4 is 5.32 Å². The molecule has 0 fully saturated rings. The van der Waals surface area contributed by atoms with Crippen LogP contribution in [0.3, 0.4) is 0 Å². The first kappa shape index (κ1) is 18.5. The highest BCUT2D eigenvalue weighted by Gasteiger charge is 2.41. The highest BCUT2D eigenvalue weighted by Crippen LogP contribution is 2.40. The van der Waals surface area contributed by atoms with Gasteiger partial charge in [0.2, 0.25) is 5.91 Å². The smallest absolute Gasteiger partial charge is 0.221 e. The van der Waals surface area contributed by atoms with E-state index in [4.69, 9.17) is 0 Å². The third-order valence-corrected chi connectivity index (χ3v) is 10.8. The predicted molar refractivity (Wildman–Crippen MR) is 98.7 cm³/mol. The molecule has 0 unspecified atom stereocenters. The van der Waals surface area contributed by atoms with Crippen molar-refractivity contribution in [3.05, 3.63) is 29.8 Å². The second-order valence-electron chi connectivity index (χ2n) is 6.91. The first-order valence-electron chi connectivity index (χ1n) is 8.11. The molecule has 0 heterocycles. The maximum absolute atomic E-state index is 11.0. The molecule has 1 aromatic carbocycles. The molecule has 1 aromatic rings. The van der Waals surface area contributed by atoms with Crippen LogP contribution >= 0.6 is 0 Å². The van der Waals surface area contributed by atoms with Gasteiger partial charge < -0.3 is 5.32 Å². The quantitative estimate of drug-likeness (QED) is 0.599. The lowest BCUT2D eigenvalue weighted by atomic mass is 10.2. The maximum Gasteiger partial charge on any atom is 0.221 e. The molecule has 2 nitrogen and oxygen atoms in total. The van der Waals surface area contributed by atoms with Crippen LogP contribution in [-0.2, 0) is 4.79 Å². The van der Waals surface area contributed by atoms with Crippen LogP contribution in [0.5, 0.6) is 0 Å². The first-order chi connectivity index (χ1) is 10.2. The number of anilines is 1. The van der Waals surface area contributed by atoms with Crippen LogP contribution in [0, 0.1) is 11.5 Å². The zero-order valence-electron chi connectivity index (χ0n) is 14.9. The normalized spacial score (nSPS) is 11.5. The zero-order chi connectivity index (χ0) is 16.9. The van der Waals surface area contributed by atoms with Gasteiger partial charge in [0.25, 0.3) is 0 Å². The van der Waals surface area contributed by atoms with E-state index in [9.17, 15) is 4.79 Å². The van der Waals surface area contributed by atoms with Crippen LogP contribution in [0.1, 0.15) is 54.0 Å². The van der Waals surface area contributed by atoms with Crippen molar-refractivity contribution in [2.45, 2.75) is 65.1 Å². The Morgan fingerprint density at radius 1 is 0.955 bits per heavy atom. The van der Waals surface area contributed by atoms with E-state index in [2.05, 4.69) is 58.3 Å². The fourth-order valence-corrected chi connectivity index (χ4v) is 8.68. The van der Waals surface area contributed by atoms with Crippen molar-refractivity contribution < 1.29 is 4.79 Å². The SMILES string of the molecule is CC(=O)Nc1ccc(C#C[Si](C(C)C)(C(C)C)C(C)C)cc1. The lowest BCUT2D eigenvalue weighted by Crippen LogP contribution is -2.43. The van der Waals surface area contributed by atoms with Crippen molar-refractivity contribution in [2.75, 3.05) is 5.32 Å². The van der Waals surface area contributed by atoms with Crippen molar-refractivity contribution in [1.82, 2.24) is 0 Å². The van der Waals surface area contributed by atoms with E-state index in [1.54, 1.807) is 0 Å². The van der Waals surface area contributed by atoms with Gasteiger partial charge in [-0.15, -0.1) is 5.54 Å². The number of hydrogen-bond donors (Lipinski definition) is 1. The number of hydrogen-bond acceptors (Lipinski definition) is 1. The molecule has 0 aromatic heterocycles. The Labute approximate surface area is 136 Å². The van der Waals surface area contributed by atoms with Gasteiger partial charge in [-0.05, 0) is 40.9 Å². The Balaban J connectivity index is 3.10. The summed E-state index contributed by atoms with van der Waals surface area (Å²) in [4.78, 5) is 11.0. The van der Waals surface area contributed by atoms with Crippen LogP contribution in [0.25, 0.3) is 0 Å². The Morgan fingerprint density at radius 3 is 1.77 bits per heavy atom. The topological polar surface area (TPSA) is 29.1 Å². The van der Waals surface area contributed by atoms with Crippen molar-refractivity contribution in [1.29, 1.82) is 0 Å². The summed E-state index contributed by atoms with van der Waals surface area (Å²) in [6.45, 7) is 15.4. The molecule has 0 saturated carbocycles. The van der Waals surface area contributed by atoms with E-state index >= 15 is 0 Å². The average molecular weight is 316 g/mol. The molecule has 0 radical (unpaired) electrons. The average Bonchev–Trinajstić information content (AvgIpc) is 2.39. The summed E-state index contributed by atoms with van der Waals surface area (Å²) in [6.07, 6.45) is 0. The molecule has 0 atom stereocenters. The minimum absolute atomic E-state index is 0.0512. The monoisotopic (exact) mass is 315 g/mol. The van der Waals surface area contributed by atoms with E-state index < -0.39 is 8.07 Å². The molecule has 0 spiro atoms. The molecular weight excluding hydrogens is 286 g/mol. The van der Waals surface area contributed by atoms with Crippen molar-refractivity contribution in [3.63, 3.8) is 0 Å². The van der Waals surface area contributed by atoms with E-state index in [-0.39, 0.29) is 5.91 Å². The summed E-state index contributed by atoms with van der Waals surface area (Å²) in [5.41, 5.74) is 7.46. The summed E-state index contributed by atoms with van der Waals surface area (Å²) in [5, 5.41) is 2.78. The molecule has 1 rings (SSSR count). The Morgan fingerprint density at radius 2 is 1.41 bits per heavy atom. The first-order valence-corrected chi connectivity index (χ1v) is 10.3. The zero-order valence-corrected chi connectivity index (χ0v) is 15.9. The van der Waals surface area contributed by atoms with Crippen LogP contribution in [0.15, 0.2) is 24.3 Å². The van der Waals surface area contributed by atoms with Crippen molar-refractivity contribution in [3.8, 4) is 11.5 Å². The van der Waals surface area contributed by atoms with Gasteiger partial charge in [-0.2, -0.15) is 0 Å². The molecule has 1 amide bonds. The van der Waals surface area contributed by atoms with E-state index in [1.807, 2.05) is 24.3 Å². The van der Waals surface area contributed by atoms with Gasteiger partial charge in [-0.1, -0.05) is 47.5 Å². The Bertz CT molecular complexity index is 540. The third-order valence-electron chi connectivity index (χ3n) is 4.49. The minimum Gasteiger partial charge on any atom is -0.326 e. The van der Waals surface area contributed by atoms with Gasteiger partial charge >= 0.3 is 0 Å². The number of carbonyl (C=O) groups is 1. The van der Waals surface area contributed by atoms with Gasteiger partial charge in [-0.3, -0.25) is 4.79 Å². The predicted octanol–water partition coefficient (Wildman–Crippen LogP) is 5.21. The fourth-order valence-electron chi connectivity index (χ4n) is 3.45. The van der Waals surface area contributed by atoms with Gasteiger partial charge in [0, 0.05) is 18.2 Å². The summed E-state index contributed by atoms with van der Waals surface area (Å²) < 4.78 is 0. The maximum atomic E-state index is 11.0. The molecule has 0 saturated heterocycles. The summed E-state index contributed by atoms with van der Waals surface area (Å²) in [7, 11) is -1.68. The lowest BCUT2D eigenvalue weighted by Gasteiger charge is -2.38. The van der Waals surface area contributed by atoms with Crippen LogP contribution in [-0.4, -0.2) is 14.0 Å². The molecular formula is C19H29NOSi. The molecule has 3 heteroatoms. The molecule has 120 valence electrons. The van der Waals surface area contributed by atoms with E-state index in [1.165, 1.54) is 6.92 Å². The van der Waals surface area contributed by atoms with Crippen molar-refractivity contribution >= 4 is 19.7 Å². The highest BCUT2D eigenvalue weighted by molar-refractivity contribution is 6.90. The van der Waals surface area contributed by atoms with Gasteiger partial charge in [-0.25, -0.2) is 0 Å². The minimum atomic E-state index is -1.68. The standard InChI is InChI=1S/C19H29NOSi/c1-14(2)22(15(3)4,16(5)6)13-12-18-8-10-19(11-9-18)20-17(7)21/h8-11,14-16H,1-7H3,(H,20,21). The summed E-state index contributed by atoms with van der Waals surface area (Å²) >= 11 is 0. The number of rotatable bonds is 4.